The van der Waals surface area contributed by atoms with E-state index in [2.05, 4.69) is 45.1 Å². The minimum atomic E-state index is -0.218. The van der Waals surface area contributed by atoms with Crippen LogP contribution in [0.25, 0.3) is 0 Å². The minimum absolute atomic E-state index is 0.157. The van der Waals surface area contributed by atoms with Gasteiger partial charge in [0, 0.05) is 12.5 Å². The number of rotatable bonds is 5. The van der Waals surface area contributed by atoms with E-state index in [4.69, 9.17) is 0 Å². The van der Waals surface area contributed by atoms with E-state index in [9.17, 15) is 5.11 Å². The molecule has 4 nitrogen and oxygen atoms in total. The van der Waals surface area contributed by atoms with Crippen molar-refractivity contribution >= 4 is 21.7 Å². The largest absolute Gasteiger partial charge is 0.394 e. The summed E-state index contributed by atoms with van der Waals surface area (Å²) in [6, 6.07) is 1.90. The van der Waals surface area contributed by atoms with Gasteiger partial charge in [-0.1, -0.05) is 13.8 Å². The Balaban J connectivity index is 2.14. The average Bonchev–Trinajstić information content (AvgIpc) is 2.41. The van der Waals surface area contributed by atoms with Gasteiger partial charge in [-0.05, 0) is 54.0 Å². The lowest BCUT2D eigenvalue weighted by atomic mass is 9.77. The van der Waals surface area contributed by atoms with Crippen LogP contribution in [0, 0.1) is 5.92 Å². The highest BCUT2D eigenvalue weighted by Gasteiger charge is 2.33. The number of anilines is 1. The van der Waals surface area contributed by atoms with Crippen LogP contribution in [-0.2, 0) is 6.42 Å². The van der Waals surface area contributed by atoms with Gasteiger partial charge < -0.3 is 10.4 Å². The first kappa shape index (κ1) is 15.7. The van der Waals surface area contributed by atoms with Crippen molar-refractivity contribution in [2.75, 3.05) is 11.9 Å². The summed E-state index contributed by atoms with van der Waals surface area (Å²) in [4.78, 5) is 8.95. The van der Waals surface area contributed by atoms with Crippen LogP contribution in [0.3, 0.4) is 0 Å². The highest BCUT2D eigenvalue weighted by Crippen LogP contribution is 2.34. The molecule has 0 radical (unpaired) electrons. The highest BCUT2D eigenvalue weighted by atomic mass is 79.9. The number of hydrogen-bond acceptors (Lipinski definition) is 4. The van der Waals surface area contributed by atoms with Gasteiger partial charge in [0.2, 0.25) is 0 Å². The van der Waals surface area contributed by atoms with Crippen molar-refractivity contribution in [2.45, 2.75) is 57.9 Å². The fourth-order valence-corrected chi connectivity index (χ4v) is 3.19. The predicted molar refractivity (Wildman–Crippen MR) is 84.8 cm³/mol. The lowest BCUT2D eigenvalue weighted by Crippen LogP contribution is -2.45. The topological polar surface area (TPSA) is 58.0 Å². The summed E-state index contributed by atoms with van der Waals surface area (Å²) in [7, 11) is 0. The Morgan fingerprint density at radius 3 is 2.70 bits per heavy atom. The molecule has 1 fully saturated rings. The van der Waals surface area contributed by atoms with Gasteiger partial charge >= 0.3 is 0 Å². The Morgan fingerprint density at radius 2 is 2.10 bits per heavy atom. The fourth-order valence-electron chi connectivity index (χ4n) is 2.77. The monoisotopic (exact) mass is 341 g/mol. The third kappa shape index (κ3) is 3.92. The molecule has 0 atom stereocenters. The molecule has 0 saturated heterocycles. The molecule has 20 heavy (non-hydrogen) atoms. The minimum Gasteiger partial charge on any atom is -0.394 e. The molecule has 0 bridgehead atoms. The molecular weight excluding hydrogens is 318 g/mol. The second-order valence-corrected chi connectivity index (χ2v) is 6.80. The van der Waals surface area contributed by atoms with Crippen LogP contribution in [-0.4, -0.2) is 27.2 Å². The number of halogens is 1. The standard InChI is InChI=1S/C15H24BrN3O/c1-3-4-13-17-12(16)9-14(18-13)19-15(10-20)7-5-11(2)6-8-15/h9,11,20H,3-8,10H2,1-2H3,(H,17,18,19). The van der Waals surface area contributed by atoms with E-state index < -0.39 is 0 Å². The van der Waals surface area contributed by atoms with Crippen molar-refractivity contribution in [3.05, 3.63) is 16.5 Å². The van der Waals surface area contributed by atoms with Crippen LogP contribution in [0.5, 0.6) is 0 Å². The van der Waals surface area contributed by atoms with E-state index in [-0.39, 0.29) is 12.1 Å². The second-order valence-electron chi connectivity index (χ2n) is 5.99. The average molecular weight is 342 g/mol. The number of aliphatic hydroxyl groups is 1. The van der Waals surface area contributed by atoms with Gasteiger partial charge in [-0.3, -0.25) is 0 Å². The molecule has 2 N–H and O–H groups in total. The van der Waals surface area contributed by atoms with Crippen molar-refractivity contribution in [3.8, 4) is 0 Å². The van der Waals surface area contributed by atoms with Crippen LogP contribution in [0.15, 0.2) is 10.7 Å². The molecule has 1 heterocycles. The summed E-state index contributed by atoms with van der Waals surface area (Å²) in [6.45, 7) is 4.56. The zero-order valence-electron chi connectivity index (χ0n) is 12.3. The molecule has 0 aromatic carbocycles. The molecule has 1 aliphatic carbocycles. The maximum absolute atomic E-state index is 9.81. The van der Waals surface area contributed by atoms with Gasteiger partial charge in [-0.15, -0.1) is 0 Å². The van der Waals surface area contributed by atoms with E-state index >= 15 is 0 Å². The second kappa shape index (κ2) is 6.85. The van der Waals surface area contributed by atoms with Crippen LogP contribution < -0.4 is 5.32 Å². The quantitative estimate of drug-likeness (QED) is 0.804. The summed E-state index contributed by atoms with van der Waals surface area (Å²) in [5.41, 5.74) is -0.218. The van der Waals surface area contributed by atoms with Crippen molar-refractivity contribution in [1.29, 1.82) is 0 Å². The predicted octanol–water partition coefficient (Wildman–Crippen LogP) is 3.54. The molecule has 1 aromatic rings. The zero-order chi connectivity index (χ0) is 14.6. The number of aryl methyl sites for hydroxylation is 1. The molecule has 112 valence electrons. The molecular formula is C15H24BrN3O. The maximum atomic E-state index is 9.81. The van der Waals surface area contributed by atoms with E-state index in [1.807, 2.05) is 6.07 Å². The number of nitrogens with one attached hydrogen (secondary N) is 1. The Kier molecular flexibility index (Phi) is 5.38. The molecule has 1 aliphatic rings. The Morgan fingerprint density at radius 1 is 1.40 bits per heavy atom. The zero-order valence-corrected chi connectivity index (χ0v) is 13.9. The highest BCUT2D eigenvalue weighted by molar-refractivity contribution is 9.10. The van der Waals surface area contributed by atoms with E-state index in [1.165, 1.54) is 0 Å². The summed E-state index contributed by atoms with van der Waals surface area (Å²) < 4.78 is 0.802. The molecule has 1 aromatic heterocycles. The van der Waals surface area contributed by atoms with Crippen molar-refractivity contribution in [2.24, 2.45) is 5.92 Å². The van der Waals surface area contributed by atoms with Gasteiger partial charge in [0.05, 0.1) is 12.1 Å². The third-order valence-corrected chi connectivity index (χ3v) is 4.55. The molecule has 0 aliphatic heterocycles. The third-order valence-electron chi connectivity index (χ3n) is 4.14. The van der Waals surface area contributed by atoms with Crippen LogP contribution >= 0.6 is 15.9 Å². The van der Waals surface area contributed by atoms with E-state index in [0.29, 0.717) is 0 Å². The maximum Gasteiger partial charge on any atom is 0.132 e. The molecule has 5 heteroatoms. The lowest BCUT2D eigenvalue weighted by Gasteiger charge is -2.39. The summed E-state index contributed by atoms with van der Waals surface area (Å²) in [5.74, 6) is 2.42. The van der Waals surface area contributed by atoms with Crippen molar-refractivity contribution < 1.29 is 5.11 Å². The van der Waals surface area contributed by atoms with Gasteiger partial charge in [0.1, 0.15) is 16.2 Å². The van der Waals surface area contributed by atoms with Crippen molar-refractivity contribution in [1.82, 2.24) is 9.97 Å². The summed E-state index contributed by atoms with van der Waals surface area (Å²) >= 11 is 3.44. The summed E-state index contributed by atoms with van der Waals surface area (Å²) in [6.07, 6.45) is 6.20. The van der Waals surface area contributed by atoms with Gasteiger partial charge in [-0.2, -0.15) is 0 Å². The van der Waals surface area contributed by atoms with Gasteiger partial charge in [0.25, 0.3) is 0 Å². The number of hydrogen-bond donors (Lipinski definition) is 2. The first-order valence-corrected chi connectivity index (χ1v) is 8.29. The van der Waals surface area contributed by atoms with Crippen LogP contribution in [0.1, 0.15) is 51.8 Å². The normalized spacial score (nSPS) is 26.5. The van der Waals surface area contributed by atoms with E-state index in [1.54, 1.807) is 0 Å². The first-order valence-electron chi connectivity index (χ1n) is 7.49. The van der Waals surface area contributed by atoms with Crippen LogP contribution in [0.2, 0.25) is 0 Å². The molecule has 0 unspecified atom stereocenters. The lowest BCUT2D eigenvalue weighted by molar-refractivity contribution is 0.155. The van der Waals surface area contributed by atoms with Gasteiger partial charge in [0.15, 0.2) is 0 Å². The summed E-state index contributed by atoms with van der Waals surface area (Å²) in [5, 5.41) is 13.3. The Hall–Kier alpha value is -0.680. The Labute approximate surface area is 129 Å². The van der Waals surface area contributed by atoms with Crippen molar-refractivity contribution in [3.63, 3.8) is 0 Å². The Bertz CT molecular complexity index is 445. The molecule has 0 spiro atoms. The number of aliphatic hydroxyl groups excluding tert-OH is 1. The smallest absolute Gasteiger partial charge is 0.132 e. The SMILES string of the molecule is CCCc1nc(Br)cc(NC2(CO)CCC(C)CC2)n1. The molecule has 1 saturated carbocycles. The molecule has 0 amide bonds. The number of nitrogens with zero attached hydrogens (tertiary/aromatic N) is 2. The number of aromatic nitrogens is 2. The van der Waals surface area contributed by atoms with Crippen LogP contribution in [0.4, 0.5) is 5.82 Å². The fraction of sp³-hybridized carbons (Fsp3) is 0.733. The molecule has 2 rings (SSSR count). The van der Waals surface area contributed by atoms with E-state index in [0.717, 1.165) is 60.7 Å². The first-order chi connectivity index (χ1) is 9.57. The van der Waals surface area contributed by atoms with Gasteiger partial charge in [-0.25, -0.2) is 9.97 Å².